The highest BCUT2D eigenvalue weighted by atomic mass is 19.1. The number of hydrogen-bond donors (Lipinski definition) is 1. The molecule has 2 aromatic carbocycles. The van der Waals surface area contributed by atoms with Gasteiger partial charge in [0, 0.05) is 5.56 Å². The molecule has 122 valence electrons. The quantitative estimate of drug-likeness (QED) is 0.872. The van der Waals surface area contributed by atoms with Gasteiger partial charge in [0.25, 0.3) is 5.91 Å². The summed E-state index contributed by atoms with van der Waals surface area (Å²) in [4.78, 5) is 12.3. The predicted molar refractivity (Wildman–Crippen MR) is 87.7 cm³/mol. The minimum absolute atomic E-state index is 0.0993. The van der Waals surface area contributed by atoms with Gasteiger partial charge < -0.3 is 14.8 Å². The molecule has 2 rings (SSSR count). The second-order valence-electron chi connectivity index (χ2n) is 5.50. The zero-order valence-electron chi connectivity index (χ0n) is 13.4. The minimum Gasteiger partial charge on any atom is -0.494 e. The van der Waals surface area contributed by atoms with Crippen molar-refractivity contribution in [2.45, 2.75) is 13.8 Å². The number of methoxy groups -OCH3 is 1. The maximum absolute atomic E-state index is 13.7. The number of para-hydroxylation sites is 2. The second-order valence-corrected chi connectivity index (χ2v) is 5.50. The third-order valence-electron chi connectivity index (χ3n) is 3.12. The lowest BCUT2D eigenvalue weighted by Gasteiger charge is -2.14. The molecule has 0 atom stereocenters. The topological polar surface area (TPSA) is 47.6 Å². The average Bonchev–Trinajstić information content (AvgIpc) is 2.53. The molecule has 0 fully saturated rings. The van der Waals surface area contributed by atoms with E-state index in [2.05, 4.69) is 5.32 Å². The number of anilines is 1. The summed E-state index contributed by atoms with van der Waals surface area (Å²) in [6.45, 7) is 4.63. The molecule has 1 amide bonds. The molecule has 5 heteroatoms. The number of amides is 1. The van der Waals surface area contributed by atoms with Crippen LogP contribution in [0.15, 0.2) is 42.5 Å². The molecule has 0 saturated heterocycles. The van der Waals surface area contributed by atoms with Crippen molar-refractivity contribution >= 4 is 11.6 Å². The summed E-state index contributed by atoms with van der Waals surface area (Å²) in [5.41, 5.74) is 0.760. The fraction of sp³-hybridized carbons (Fsp3) is 0.278. The van der Waals surface area contributed by atoms with E-state index in [1.54, 1.807) is 18.2 Å². The number of rotatable bonds is 6. The highest BCUT2D eigenvalue weighted by Gasteiger charge is 2.12. The molecular formula is C18H20FNO3. The van der Waals surface area contributed by atoms with E-state index in [1.807, 2.05) is 19.9 Å². The molecular weight excluding hydrogens is 297 g/mol. The van der Waals surface area contributed by atoms with E-state index in [0.29, 0.717) is 24.0 Å². The number of ether oxygens (including phenoxy) is 2. The molecule has 0 spiro atoms. The maximum atomic E-state index is 13.7. The van der Waals surface area contributed by atoms with Crippen LogP contribution in [0.1, 0.15) is 24.2 Å². The summed E-state index contributed by atoms with van der Waals surface area (Å²) in [5.74, 6) is 0.0665. The van der Waals surface area contributed by atoms with Gasteiger partial charge in [0.1, 0.15) is 5.75 Å². The summed E-state index contributed by atoms with van der Waals surface area (Å²) < 4.78 is 24.2. The SMILES string of the molecule is COc1ccc(C(=O)Nc2ccccc2OCC(C)C)cc1F. The van der Waals surface area contributed by atoms with Crippen LogP contribution in [0.4, 0.5) is 10.1 Å². The van der Waals surface area contributed by atoms with Gasteiger partial charge in [0.15, 0.2) is 11.6 Å². The number of nitrogens with one attached hydrogen (secondary N) is 1. The van der Waals surface area contributed by atoms with Crippen molar-refractivity contribution in [1.82, 2.24) is 0 Å². The molecule has 2 aromatic rings. The Bertz CT molecular complexity index is 686. The molecule has 0 radical (unpaired) electrons. The molecule has 0 aliphatic heterocycles. The lowest BCUT2D eigenvalue weighted by atomic mass is 10.2. The Hall–Kier alpha value is -2.56. The molecule has 4 nitrogen and oxygen atoms in total. The fourth-order valence-corrected chi connectivity index (χ4v) is 1.95. The summed E-state index contributed by atoms with van der Waals surface area (Å²) in [7, 11) is 1.38. The van der Waals surface area contributed by atoms with Crippen molar-refractivity contribution in [3.8, 4) is 11.5 Å². The van der Waals surface area contributed by atoms with Gasteiger partial charge in [-0.2, -0.15) is 0 Å². The van der Waals surface area contributed by atoms with Gasteiger partial charge in [-0.3, -0.25) is 4.79 Å². The normalized spacial score (nSPS) is 10.5. The zero-order valence-corrected chi connectivity index (χ0v) is 13.4. The molecule has 0 saturated carbocycles. The van der Waals surface area contributed by atoms with Crippen LogP contribution < -0.4 is 14.8 Å². The highest BCUT2D eigenvalue weighted by Crippen LogP contribution is 2.25. The summed E-state index contributed by atoms with van der Waals surface area (Å²) in [6, 6.07) is 11.2. The van der Waals surface area contributed by atoms with Crippen molar-refractivity contribution in [1.29, 1.82) is 0 Å². The van der Waals surface area contributed by atoms with E-state index in [9.17, 15) is 9.18 Å². The molecule has 0 aliphatic rings. The van der Waals surface area contributed by atoms with Gasteiger partial charge in [-0.15, -0.1) is 0 Å². The zero-order chi connectivity index (χ0) is 16.8. The molecule has 0 heterocycles. The van der Waals surface area contributed by atoms with E-state index in [-0.39, 0.29) is 11.3 Å². The molecule has 1 N–H and O–H groups in total. The van der Waals surface area contributed by atoms with Gasteiger partial charge in [0.05, 0.1) is 19.4 Å². The minimum atomic E-state index is -0.579. The van der Waals surface area contributed by atoms with Gasteiger partial charge in [-0.1, -0.05) is 26.0 Å². The number of halogens is 1. The number of carbonyl (C=O) groups excluding carboxylic acids is 1. The first-order valence-electron chi connectivity index (χ1n) is 7.38. The van der Waals surface area contributed by atoms with Crippen LogP contribution in [-0.2, 0) is 0 Å². The molecule has 0 aromatic heterocycles. The Kier molecular flexibility index (Phi) is 5.57. The molecule has 0 bridgehead atoms. The van der Waals surface area contributed by atoms with Crippen LogP contribution in [0, 0.1) is 11.7 Å². The first kappa shape index (κ1) is 16.8. The smallest absolute Gasteiger partial charge is 0.255 e. The Labute approximate surface area is 135 Å². The summed E-state index contributed by atoms with van der Waals surface area (Å²) >= 11 is 0. The fourth-order valence-electron chi connectivity index (χ4n) is 1.95. The van der Waals surface area contributed by atoms with E-state index in [1.165, 1.54) is 19.2 Å². The van der Waals surface area contributed by atoms with Crippen molar-refractivity contribution in [2.75, 3.05) is 19.0 Å². The van der Waals surface area contributed by atoms with Crippen molar-refractivity contribution < 1.29 is 18.7 Å². The van der Waals surface area contributed by atoms with Crippen molar-refractivity contribution in [2.24, 2.45) is 5.92 Å². The van der Waals surface area contributed by atoms with Gasteiger partial charge in [-0.25, -0.2) is 4.39 Å². The predicted octanol–water partition coefficient (Wildman–Crippen LogP) is 4.12. The molecule has 0 aliphatic carbocycles. The number of carbonyl (C=O) groups is 1. The van der Waals surface area contributed by atoms with E-state index < -0.39 is 11.7 Å². The van der Waals surface area contributed by atoms with Crippen LogP contribution >= 0.6 is 0 Å². The highest BCUT2D eigenvalue weighted by molar-refractivity contribution is 6.05. The van der Waals surface area contributed by atoms with Crippen LogP contribution in [0.3, 0.4) is 0 Å². The molecule has 23 heavy (non-hydrogen) atoms. The van der Waals surface area contributed by atoms with E-state index >= 15 is 0 Å². The van der Waals surface area contributed by atoms with E-state index in [0.717, 1.165) is 6.07 Å². The molecule has 0 unspecified atom stereocenters. The van der Waals surface area contributed by atoms with Crippen LogP contribution in [0.25, 0.3) is 0 Å². The monoisotopic (exact) mass is 317 g/mol. The number of hydrogen-bond acceptors (Lipinski definition) is 3. The lowest BCUT2D eigenvalue weighted by molar-refractivity contribution is 0.102. The van der Waals surface area contributed by atoms with Crippen molar-refractivity contribution in [3.63, 3.8) is 0 Å². The summed E-state index contributed by atoms with van der Waals surface area (Å²) in [5, 5.41) is 2.74. The van der Waals surface area contributed by atoms with Gasteiger partial charge >= 0.3 is 0 Å². The Morgan fingerprint density at radius 3 is 2.57 bits per heavy atom. The summed E-state index contributed by atoms with van der Waals surface area (Å²) in [6.07, 6.45) is 0. The standard InChI is InChI=1S/C18H20FNO3/c1-12(2)11-23-17-7-5-4-6-15(17)20-18(21)13-8-9-16(22-3)14(19)10-13/h4-10,12H,11H2,1-3H3,(H,20,21). The van der Waals surface area contributed by atoms with Crippen LogP contribution in [0.2, 0.25) is 0 Å². The largest absolute Gasteiger partial charge is 0.494 e. The van der Waals surface area contributed by atoms with Gasteiger partial charge in [-0.05, 0) is 36.2 Å². The Balaban J connectivity index is 2.15. The van der Waals surface area contributed by atoms with Crippen LogP contribution in [0.5, 0.6) is 11.5 Å². The lowest BCUT2D eigenvalue weighted by Crippen LogP contribution is -2.14. The third-order valence-corrected chi connectivity index (χ3v) is 3.12. The first-order chi connectivity index (χ1) is 11.0. The average molecular weight is 317 g/mol. The Morgan fingerprint density at radius 1 is 1.17 bits per heavy atom. The van der Waals surface area contributed by atoms with Crippen LogP contribution in [-0.4, -0.2) is 19.6 Å². The number of benzene rings is 2. The second kappa shape index (κ2) is 7.63. The maximum Gasteiger partial charge on any atom is 0.255 e. The van der Waals surface area contributed by atoms with Gasteiger partial charge in [0.2, 0.25) is 0 Å². The first-order valence-corrected chi connectivity index (χ1v) is 7.38. The third kappa shape index (κ3) is 4.45. The Morgan fingerprint density at radius 2 is 1.91 bits per heavy atom. The van der Waals surface area contributed by atoms with Crippen molar-refractivity contribution in [3.05, 3.63) is 53.8 Å². The van der Waals surface area contributed by atoms with E-state index in [4.69, 9.17) is 9.47 Å².